The highest BCUT2D eigenvalue weighted by molar-refractivity contribution is 6.09. The number of rotatable bonds is 6. The molecule has 14 heteroatoms. The maximum absolute atomic E-state index is 15.7. The average molecular weight is 640 g/mol. The Kier molecular flexibility index (Phi) is 10.1. The first-order valence-electron chi connectivity index (χ1n) is 13.9. The Morgan fingerprint density at radius 3 is 2.27 bits per heavy atom. The van der Waals surface area contributed by atoms with Gasteiger partial charge in [-0.3, -0.25) is 14.5 Å². The Labute approximate surface area is 256 Å². The first-order chi connectivity index (χ1) is 20.5. The molecule has 3 heterocycles. The van der Waals surface area contributed by atoms with E-state index >= 15 is 8.78 Å². The number of alkyl halides is 5. The standard InChI is InChI=1S/C30H30F5N5O3.ClH/c31-29(32)11-13-39(28(43)23-20-36-40(27(23)30(33,34)35)21-7-2-1-3-8-21)25-10-5-4-9-22(25)24(29)19-26(42)38-16-14-37(15-17-38)12-6-18-41;/h1-5,7-10,19-20,41H,6,11-18H2;1H/b24-19-;. The van der Waals surface area contributed by atoms with Crippen LogP contribution in [0.15, 0.2) is 66.9 Å². The van der Waals surface area contributed by atoms with Gasteiger partial charge in [0.2, 0.25) is 5.91 Å². The number of halogens is 6. The van der Waals surface area contributed by atoms with Crippen molar-refractivity contribution in [1.29, 1.82) is 0 Å². The number of hydrogen-bond donors (Lipinski definition) is 1. The van der Waals surface area contributed by atoms with Gasteiger partial charge in [0.05, 0.1) is 23.1 Å². The van der Waals surface area contributed by atoms with Crippen LogP contribution in [0, 0.1) is 0 Å². The molecule has 2 aliphatic heterocycles. The van der Waals surface area contributed by atoms with E-state index in [0.717, 1.165) is 17.2 Å². The number of allylic oxidation sites excluding steroid dienone is 1. The lowest BCUT2D eigenvalue weighted by Crippen LogP contribution is -2.48. The second-order valence-electron chi connectivity index (χ2n) is 10.4. The third-order valence-corrected chi connectivity index (χ3v) is 7.63. The fourth-order valence-electron chi connectivity index (χ4n) is 5.42. The molecule has 0 atom stereocenters. The summed E-state index contributed by atoms with van der Waals surface area (Å²) in [5.41, 5.74) is -2.76. The molecule has 0 radical (unpaired) electrons. The van der Waals surface area contributed by atoms with Gasteiger partial charge in [-0.15, -0.1) is 12.4 Å². The van der Waals surface area contributed by atoms with Crippen molar-refractivity contribution in [3.63, 3.8) is 0 Å². The lowest BCUT2D eigenvalue weighted by atomic mass is 9.96. The van der Waals surface area contributed by atoms with Gasteiger partial charge in [0, 0.05) is 69.5 Å². The van der Waals surface area contributed by atoms with E-state index < -0.39 is 53.7 Å². The first-order valence-corrected chi connectivity index (χ1v) is 13.9. The van der Waals surface area contributed by atoms with Crippen LogP contribution in [0.3, 0.4) is 0 Å². The Morgan fingerprint density at radius 2 is 1.61 bits per heavy atom. The monoisotopic (exact) mass is 639 g/mol. The Morgan fingerprint density at radius 1 is 0.955 bits per heavy atom. The summed E-state index contributed by atoms with van der Waals surface area (Å²) in [6.45, 7) is 1.81. The van der Waals surface area contributed by atoms with Crippen LogP contribution in [-0.4, -0.2) is 88.3 Å². The topological polar surface area (TPSA) is 81.9 Å². The van der Waals surface area contributed by atoms with Crippen molar-refractivity contribution >= 4 is 35.5 Å². The normalized spacial score (nSPS) is 18.0. The molecule has 0 unspecified atom stereocenters. The van der Waals surface area contributed by atoms with Crippen molar-refractivity contribution in [3.8, 4) is 5.69 Å². The summed E-state index contributed by atoms with van der Waals surface area (Å²) in [6.07, 6.45) is -3.62. The molecular formula is C30H31ClF5N5O3. The molecule has 2 aliphatic rings. The molecule has 1 aromatic heterocycles. The number of hydrogen-bond acceptors (Lipinski definition) is 5. The molecule has 0 spiro atoms. The SMILES string of the molecule is Cl.O=C(/C=C1/c2ccccc2N(C(=O)c2cnn(-c3ccccc3)c2C(F)(F)F)CCC1(F)F)N1CCN(CCCO)CC1. The molecule has 0 bridgehead atoms. The Balaban J connectivity index is 0.00000442. The van der Waals surface area contributed by atoms with E-state index in [1.54, 1.807) is 6.07 Å². The van der Waals surface area contributed by atoms with Gasteiger partial charge in [-0.1, -0.05) is 36.4 Å². The van der Waals surface area contributed by atoms with Gasteiger partial charge in [0.1, 0.15) is 0 Å². The minimum absolute atomic E-state index is 0. The molecule has 0 saturated carbocycles. The van der Waals surface area contributed by atoms with Crippen molar-refractivity contribution in [2.45, 2.75) is 24.9 Å². The van der Waals surface area contributed by atoms with Gasteiger partial charge in [-0.25, -0.2) is 13.5 Å². The fraction of sp³-hybridized carbons (Fsp3) is 0.367. The van der Waals surface area contributed by atoms with Gasteiger partial charge < -0.3 is 14.9 Å². The van der Waals surface area contributed by atoms with Crippen molar-refractivity contribution in [1.82, 2.24) is 19.6 Å². The summed E-state index contributed by atoms with van der Waals surface area (Å²) in [5, 5.41) is 12.9. The second-order valence-corrected chi connectivity index (χ2v) is 10.4. The zero-order valence-corrected chi connectivity index (χ0v) is 24.3. The molecule has 8 nitrogen and oxygen atoms in total. The maximum atomic E-state index is 15.7. The van der Waals surface area contributed by atoms with Crippen LogP contribution in [0.1, 0.15) is 34.5 Å². The zero-order valence-electron chi connectivity index (χ0n) is 23.5. The summed E-state index contributed by atoms with van der Waals surface area (Å²) < 4.78 is 74.9. The van der Waals surface area contributed by atoms with Gasteiger partial charge in [0.15, 0.2) is 5.69 Å². The van der Waals surface area contributed by atoms with Crippen LogP contribution in [0.2, 0.25) is 0 Å². The number of benzene rings is 2. The van der Waals surface area contributed by atoms with E-state index in [1.165, 1.54) is 53.4 Å². The molecule has 5 rings (SSSR count). The van der Waals surface area contributed by atoms with E-state index in [9.17, 15) is 22.8 Å². The Hall–Kier alpha value is -3.81. The van der Waals surface area contributed by atoms with Gasteiger partial charge >= 0.3 is 6.18 Å². The third kappa shape index (κ3) is 6.79. The van der Waals surface area contributed by atoms with Crippen LogP contribution in [-0.2, 0) is 11.0 Å². The summed E-state index contributed by atoms with van der Waals surface area (Å²) >= 11 is 0. The smallest absolute Gasteiger partial charge is 0.396 e. The van der Waals surface area contributed by atoms with E-state index in [2.05, 4.69) is 10.00 Å². The fourth-order valence-corrected chi connectivity index (χ4v) is 5.42. The predicted octanol–water partition coefficient (Wildman–Crippen LogP) is 4.91. The average Bonchev–Trinajstić information content (AvgIpc) is 3.42. The van der Waals surface area contributed by atoms with Gasteiger partial charge in [0.25, 0.3) is 11.8 Å². The first kappa shape index (κ1) is 33.1. The number of piperazine rings is 1. The van der Waals surface area contributed by atoms with Gasteiger partial charge in [-0.05, 0) is 24.6 Å². The summed E-state index contributed by atoms with van der Waals surface area (Å²) in [5.74, 6) is -5.30. The second kappa shape index (κ2) is 13.4. The number of aliphatic hydroxyl groups excluding tert-OH is 1. The highest BCUT2D eigenvalue weighted by Crippen LogP contribution is 2.44. The molecule has 236 valence electrons. The number of aromatic nitrogens is 2. The zero-order chi connectivity index (χ0) is 30.8. The molecule has 2 amide bonds. The molecule has 1 saturated heterocycles. The number of carbonyl (C=O) groups excluding carboxylic acids is 2. The molecule has 2 aromatic carbocycles. The van der Waals surface area contributed by atoms with Crippen LogP contribution in [0.25, 0.3) is 11.3 Å². The number of amides is 2. The molecule has 1 fully saturated rings. The van der Waals surface area contributed by atoms with E-state index in [-0.39, 0.29) is 36.0 Å². The minimum atomic E-state index is -4.98. The van der Waals surface area contributed by atoms with E-state index in [0.29, 0.717) is 43.8 Å². The number of para-hydroxylation sites is 2. The van der Waals surface area contributed by atoms with Crippen molar-refractivity contribution in [2.24, 2.45) is 0 Å². The highest BCUT2D eigenvalue weighted by Gasteiger charge is 2.45. The highest BCUT2D eigenvalue weighted by atomic mass is 35.5. The summed E-state index contributed by atoms with van der Waals surface area (Å²) in [4.78, 5) is 31.3. The van der Waals surface area contributed by atoms with Crippen LogP contribution in [0.4, 0.5) is 27.6 Å². The molecule has 0 aliphatic carbocycles. The van der Waals surface area contributed by atoms with Crippen molar-refractivity contribution in [2.75, 3.05) is 50.8 Å². The summed E-state index contributed by atoms with van der Waals surface area (Å²) in [7, 11) is 0. The lowest BCUT2D eigenvalue weighted by molar-refractivity contribution is -0.143. The van der Waals surface area contributed by atoms with Gasteiger partial charge in [-0.2, -0.15) is 18.3 Å². The predicted molar refractivity (Wildman–Crippen MR) is 156 cm³/mol. The number of fused-ring (bicyclic) bond motifs is 1. The molecule has 1 N–H and O–H groups in total. The van der Waals surface area contributed by atoms with Crippen LogP contribution in [0.5, 0.6) is 0 Å². The molecule has 3 aromatic rings. The minimum Gasteiger partial charge on any atom is -0.396 e. The Bertz CT molecular complexity index is 1500. The van der Waals surface area contributed by atoms with Crippen LogP contribution >= 0.6 is 12.4 Å². The third-order valence-electron chi connectivity index (χ3n) is 7.63. The van der Waals surface area contributed by atoms with Crippen molar-refractivity contribution < 1.29 is 36.6 Å². The number of anilines is 1. The maximum Gasteiger partial charge on any atom is 0.434 e. The quantitative estimate of drug-likeness (QED) is 0.306. The number of aliphatic hydroxyl groups is 1. The molecule has 44 heavy (non-hydrogen) atoms. The summed E-state index contributed by atoms with van der Waals surface area (Å²) in [6, 6.07) is 13.1. The largest absolute Gasteiger partial charge is 0.434 e. The van der Waals surface area contributed by atoms with E-state index in [1.807, 2.05) is 0 Å². The van der Waals surface area contributed by atoms with Crippen LogP contribution < -0.4 is 4.90 Å². The number of nitrogens with zero attached hydrogens (tertiary/aromatic N) is 5. The molecular weight excluding hydrogens is 609 g/mol. The lowest BCUT2D eigenvalue weighted by Gasteiger charge is -2.34. The number of carbonyl (C=O) groups is 2. The van der Waals surface area contributed by atoms with E-state index in [4.69, 9.17) is 5.11 Å². The van der Waals surface area contributed by atoms with Crippen molar-refractivity contribution in [3.05, 3.63) is 83.7 Å².